The van der Waals surface area contributed by atoms with Crippen molar-refractivity contribution in [3.63, 3.8) is 0 Å². The molecule has 112 valence electrons. The SMILES string of the molecule is CCC1(CC)CN(CCc2ccc(OC)cc2)CCN1. The molecule has 0 radical (unpaired) electrons. The molecule has 0 aromatic heterocycles. The van der Waals surface area contributed by atoms with Crippen LogP contribution in [0.15, 0.2) is 24.3 Å². The first-order chi connectivity index (χ1) is 9.71. The lowest BCUT2D eigenvalue weighted by molar-refractivity contribution is 0.125. The van der Waals surface area contributed by atoms with Crippen LogP contribution in [0.3, 0.4) is 0 Å². The second-order valence-electron chi connectivity index (χ2n) is 5.79. The van der Waals surface area contributed by atoms with E-state index >= 15 is 0 Å². The fourth-order valence-electron chi connectivity index (χ4n) is 3.04. The maximum absolute atomic E-state index is 5.20. The van der Waals surface area contributed by atoms with Crippen molar-refractivity contribution < 1.29 is 4.74 Å². The van der Waals surface area contributed by atoms with Crippen LogP contribution in [0.25, 0.3) is 0 Å². The Hall–Kier alpha value is -1.06. The number of hydrogen-bond acceptors (Lipinski definition) is 3. The zero-order valence-electron chi connectivity index (χ0n) is 13.1. The predicted octanol–water partition coefficient (Wildman–Crippen LogP) is 2.70. The fraction of sp³-hybridized carbons (Fsp3) is 0.647. The highest BCUT2D eigenvalue weighted by Crippen LogP contribution is 2.20. The lowest BCUT2D eigenvalue weighted by atomic mass is 9.90. The smallest absolute Gasteiger partial charge is 0.118 e. The summed E-state index contributed by atoms with van der Waals surface area (Å²) < 4.78 is 5.20. The van der Waals surface area contributed by atoms with E-state index in [1.807, 2.05) is 0 Å². The molecule has 0 spiro atoms. The van der Waals surface area contributed by atoms with Crippen LogP contribution in [0.1, 0.15) is 32.3 Å². The molecule has 1 fully saturated rings. The number of ether oxygens (including phenoxy) is 1. The molecule has 1 aromatic rings. The van der Waals surface area contributed by atoms with Crippen LogP contribution in [-0.4, -0.2) is 43.7 Å². The summed E-state index contributed by atoms with van der Waals surface area (Å²) in [4.78, 5) is 2.60. The van der Waals surface area contributed by atoms with Gasteiger partial charge in [0.05, 0.1) is 7.11 Å². The van der Waals surface area contributed by atoms with Gasteiger partial charge in [0, 0.05) is 31.7 Å². The molecule has 0 amide bonds. The standard InChI is InChI=1S/C17H28N2O/c1-4-17(5-2)14-19(13-11-18-17)12-10-15-6-8-16(20-3)9-7-15/h6-9,18H,4-5,10-14H2,1-3H3. The van der Waals surface area contributed by atoms with Crippen molar-refractivity contribution in [2.45, 2.75) is 38.6 Å². The van der Waals surface area contributed by atoms with Crippen molar-refractivity contribution in [1.82, 2.24) is 10.2 Å². The van der Waals surface area contributed by atoms with Gasteiger partial charge in [-0.1, -0.05) is 26.0 Å². The summed E-state index contributed by atoms with van der Waals surface area (Å²) in [6, 6.07) is 8.45. The van der Waals surface area contributed by atoms with E-state index in [2.05, 4.69) is 48.3 Å². The molecule has 1 aliphatic heterocycles. The van der Waals surface area contributed by atoms with E-state index in [1.165, 1.54) is 24.9 Å². The van der Waals surface area contributed by atoms with Crippen molar-refractivity contribution in [3.05, 3.63) is 29.8 Å². The molecule has 3 heteroatoms. The Kier molecular flexibility index (Phi) is 5.44. The Morgan fingerprint density at radius 3 is 2.50 bits per heavy atom. The monoisotopic (exact) mass is 276 g/mol. The summed E-state index contributed by atoms with van der Waals surface area (Å²) in [5.41, 5.74) is 1.72. The topological polar surface area (TPSA) is 24.5 Å². The van der Waals surface area contributed by atoms with Crippen LogP contribution in [0.2, 0.25) is 0 Å². The van der Waals surface area contributed by atoms with Gasteiger partial charge in [-0.2, -0.15) is 0 Å². The molecule has 1 aromatic carbocycles. The van der Waals surface area contributed by atoms with E-state index in [-0.39, 0.29) is 0 Å². The largest absolute Gasteiger partial charge is 0.497 e. The zero-order valence-corrected chi connectivity index (χ0v) is 13.1. The van der Waals surface area contributed by atoms with Crippen molar-refractivity contribution in [1.29, 1.82) is 0 Å². The van der Waals surface area contributed by atoms with Crippen molar-refractivity contribution in [2.75, 3.05) is 33.3 Å². The van der Waals surface area contributed by atoms with Crippen molar-refractivity contribution in [3.8, 4) is 5.75 Å². The summed E-state index contributed by atoms with van der Waals surface area (Å²) in [5, 5.41) is 3.72. The van der Waals surface area contributed by atoms with Gasteiger partial charge in [0.1, 0.15) is 5.75 Å². The normalized spacial score (nSPS) is 18.9. The Balaban J connectivity index is 1.86. The highest BCUT2D eigenvalue weighted by atomic mass is 16.5. The first kappa shape index (κ1) is 15.3. The number of hydrogen-bond donors (Lipinski definition) is 1. The molecule has 0 aliphatic carbocycles. The van der Waals surface area contributed by atoms with Gasteiger partial charge < -0.3 is 10.1 Å². The van der Waals surface area contributed by atoms with E-state index in [1.54, 1.807) is 7.11 Å². The van der Waals surface area contributed by atoms with E-state index in [0.29, 0.717) is 5.54 Å². The maximum Gasteiger partial charge on any atom is 0.118 e. The Bertz CT molecular complexity index is 398. The number of benzene rings is 1. The third-order valence-electron chi connectivity index (χ3n) is 4.68. The van der Waals surface area contributed by atoms with Gasteiger partial charge in [-0.15, -0.1) is 0 Å². The summed E-state index contributed by atoms with van der Waals surface area (Å²) in [7, 11) is 1.71. The molecule has 2 rings (SSSR count). The zero-order chi connectivity index (χ0) is 14.4. The molecule has 0 unspecified atom stereocenters. The molecule has 0 atom stereocenters. The second kappa shape index (κ2) is 7.09. The summed E-state index contributed by atoms with van der Waals surface area (Å²) >= 11 is 0. The van der Waals surface area contributed by atoms with Crippen LogP contribution in [-0.2, 0) is 6.42 Å². The van der Waals surface area contributed by atoms with Crippen LogP contribution in [0.5, 0.6) is 5.75 Å². The van der Waals surface area contributed by atoms with E-state index in [0.717, 1.165) is 31.8 Å². The first-order valence-electron chi connectivity index (χ1n) is 7.81. The molecule has 0 bridgehead atoms. The summed E-state index contributed by atoms with van der Waals surface area (Å²) in [5.74, 6) is 0.937. The third kappa shape index (κ3) is 3.74. The molecule has 3 nitrogen and oxygen atoms in total. The maximum atomic E-state index is 5.20. The average molecular weight is 276 g/mol. The first-order valence-corrected chi connectivity index (χ1v) is 7.81. The molecule has 1 N–H and O–H groups in total. The van der Waals surface area contributed by atoms with Gasteiger partial charge in [0.25, 0.3) is 0 Å². The molecule has 0 saturated carbocycles. The third-order valence-corrected chi connectivity index (χ3v) is 4.68. The lowest BCUT2D eigenvalue weighted by Gasteiger charge is -2.43. The van der Waals surface area contributed by atoms with Gasteiger partial charge in [-0.25, -0.2) is 0 Å². The Morgan fingerprint density at radius 1 is 1.20 bits per heavy atom. The van der Waals surface area contributed by atoms with Gasteiger partial charge >= 0.3 is 0 Å². The number of nitrogens with zero attached hydrogens (tertiary/aromatic N) is 1. The van der Waals surface area contributed by atoms with Gasteiger partial charge in [0.2, 0.25) is 0 Å². The minimum absolute atomic E-state index is 0.332. The number of rotatable bonds is 6. The fourth-order valence-corrected chi connectivity index (χ4v) is 3.04. The average Bonchev–Trinajstić information content (AvgIpc) is 2.53. The van der Waals surface area contributed by atoms with Gasteiger partial charge in [-0.05, 0) is 37.0 Å². The highest BCUT2D eigenvalue weighted by molar-refractivity contribution is 5.27. The van der Waals surface area contributed by atoms with E-state index < -0.39 is 0 Å². The number of methoxy groups -OCH3 is 1. The Morgan fingerprint density at radius 2 is 1.90 bits per heavy atom. The molecule has 1 aliphatic rings. The minimum Gasteiger partial charge on any atom is -0.497 e. The molecular weight excluding hydrogens is 248 g/mol. The summed E-state index contributed by atoms with van der Waals surface area (Å²) in [6.07, 6.45) is 3.54. The van der Waals surface area contributed by atoms with Crippen molar-refractivity contribution >= 4 is 0 Å². The van der Waals surface area contributed by atoms with Crippen LogP contribution in [0, 0.1) is 0 Å². The molecule has 1 saturated heterocycles. The highest BCUT2D eigenvalue weighted by Gasteiger charge is 2.31. The van der Waals surface area contributed by atoms with Gasteiger partial charge in [-0.3, -0.25) is 4.90 Å². The minimum atomic E-state index is 0.332. The lowest BCUT2D eigenvalue weighted by Crippen LogP contribution is -2.60. The molecule has 20 heavy (non-hydrogen) atoms. The predicted molar refractivity (Wildman–Crippen MR) is 84.5 cm³/mol. The quantitative estimate of drug-likeness (QED) is 0.864. The van der Waals surface area contributed by atoms with E-state index in [9.17, 15) is 0 Å². The van der Waals surface area contributed by atoms with Crippen LogP contribution in [0.4, 0.5) is 0 Å². The Labute approximate surface area is 123 Å². The number of piperazine rings is 1. The number of nitrogens with one attached hydrogen (secondary N) is 1. The van der Waals surface area contributed by atoms with Crippen LogP contribution < -0.4 is 10.1 Å². The van der Waals surface area contributed by atoms with Crippen LogP contribution >= 0.6 is 0 Å². The van der Waals surface area contributed by atoms with E-state index in [4.69, 9.17) is 4.74 Å². The van der Waals surface area contributed by atoms with Gasteiger partial charge in [0.15, 0.2) is 0 Å². The molecule has 1 heterocycles. The second-order valence-corrected chi connectivity index (χ2v) is 5.79. The molecular formula is C17H28N2O. The van der Waals surface area contributed by atoms with Crippen molar-refractivity contribution in [2.24, 2.45) is 0 Å². The summed E-state index contributed by atoms with van der Waals surface area (Å²) in [6.45, 7) is 9.20.